The van der Waals surface area contributed by atoms with E-state index >= 15 is 0 Å². The Kier molecular flexibility index (Phi) is 6.56. The van der Waals surface area contributed by atoms with E-state index in [2.05, 4.69) is 9.71 Å². The SMILES string of the molecule is COc1cc(-c2cccc(S(=O)(=O)NC(=O)c3cc4cc(Oc5ccc(F)cc5)ccc4[nH]3)c2)ccc1F. The molecule has 0 aliphatic heterocycles. The fraction of sp³-hybridized carbons (Fsp3) is 0.0357. The normalized spacial score (nSPS) is 11.3. The molecule has 38 heavy (non-hydrogen) atoms. The molecule has 0 saturated carbocycles. The van der Waals surface area contributed by atoms with Crippen molar-refractivity contribution in [1.29, 1.82) is 0 Å². The first-order valence-electron chi connectivity index (χ1n) is 11.3. The number of H-pyrrole nitrogens is 1. The fourth-order valence-corrected chi connectivity index (χ4v) is 4.87. The van der Waals surface area contributed by atoms with Crippen LogP contribution in [0.3, 0.4) is 0 Å². The second-order valence-corrected chi connectivity index (χ2v) is 9.98. The maximum atomic E-state index is 13.8. The highest BCUT2D eigenvalue weighted by atomic mass is 32.2. The summed E-state index contributed by atoms with van der Waals surface area (Å²) in [4.78, 5) is 15.6. The van der Waals surface area contributed by atoms with Gasteiger partial charge in [-0.25, -0.2) is 21.9 Å². The third-order valence-corrected chi connectivity index (χ3v) is 7.07. The summed E-state index contributed by atoms with van der Waals surface area (Å²) >= 11 is 0. The van der Waals surface area contributed by atoms with Gasteiger partial charge in [-0.3, -0.25) is 4.79 Å². The Labute approximate surface area is 216 Å². The van der Waals surface area contributed by atoms with Crippen LogP contribution in [0.1, 0.15) is 10.5 Å². The molecule has 4 aromatic carbocycles. The Morgan fingerprint density at radius 2 is 1.58 bits per heavy atom. The van der Waals surface area contributed by atoms with Crippen LogP contribution in [0.4, 0.5) is 8.78 Å². The van der Waals surface area contributed by atoms with E-state index in [-0.39, 0.29) is 22.2 Å². The van der Waals surface area contributed by atoms with Crippen LogP contribution in [-0.2, 0) is 10.0 Å². The maximum Gasteiger partial charge on any atom is 0.281 e. The van der Waals surface area contributed by atoms with Gasteiger partial charge in [0.1, 0.15) is 23.0 Å². The van der Waals surface area contributed by atoms with Crippen LogP contribution < -0.4 is 14.2 Å². The smallest absolute Gasteiger partial charge is 0.281 e. The van der Waals surface area contributed by atoms with Crippen molar-refractivity contribution in [1.82, 2.24) is 9.71 Å². The van der Waals surface area contributed by atoms with Crippen molar-refractivity contribution in [2.24, 2.45) is 0 Å². The minimum absolute atomic E-state index is 0.0223. The van der Waals surface area contributed by atoms with Crippen molar-refractivity contribution >= 4 is 26.8 Å². The van der Waals surface area contributed by atoms with Gasteiger partial charge in [-0.05, 0) is 83.9 Å². The van der Waals surface area contributed by atoms with E-state index in [1.165, 1.54) is 73.8 Å². The van der Waals surface area contributed by atoms with Gasteiger partial charge in [0.2, 0.25) is 0 Å². The van der Waals surface area contributed by atoms with E-state index in [4.69, 9.17) is 9.47 Å². The number of hydrogen-bond acceptors (Lipinski definition) is 5. The Bertz CT molecular complexity index is 1770. The summed E-state index contributed by atoms with van der Waals surface area (Å²) in [5, 5.41) is 0.611. The number of hydrogen-bond donors (Lipinski definition) is 2. The molecule has 192 valence electrons. The Morgan fingerprint density at radius 3 is 2.34 bits per heavy atom. The Balaban J connectivity index is 1.36. The highest BCUT2D eigenvalue weighted by Crippen LogP contribution is 2.29. The van der Waals surface area contributed by atoms with E-state index in [0.29, 0.717) is 33.5 Å². The zero-order valence-electron chi connectivity index (χ0n) is 19.9. The number of halogens is 2. The summed E-state index contributed by atoms with van der Waals surface area (Å²) in [6.07, 6.45) is 0. The van der Waals surface area contributed by atoms with Crippen molar-refractivity contribution in [3.8, 4) is 28.4 Å². The van der Waals surface area contributed by atoms with Crippen LogP contribution in [0.5, 0.6) is 17.2 Å². The molecule has 7 nitrogen and oxygen atoms in total. The van der Waals surface area contributed by atoms with Gasteiger partial charge in [-0.2, -0.15) is 0 Å². The lowest BCUT2D eigenvalue weighted by atomic mass is 10.1. The first kappa shape index (κ1) is 25.0. The number of methoxy groups -OCH3 is 1. The van der Waals surface area contributed by atoms with Crippen molar-refractivity contribution in [2.75, 3.05) is 7.11 Å². The molecule has 5 rings (SSSR count). The van der Waals surface area contributed by atoms with Crippen LogP contribution in [-0.4, -0.2) is 26.4 Å². The molecule has 0 bridgehead atoms. The topological polar surface area (TPSA) is 97.5 Å². The zero-order valence-corrected chi connectivity index (χ0v) is 20.7. The number of ether oxygens (including phenoxy) is 2. The highest BCUT2D eigenvalue weighted by Gasteiger charge is 2.21. The highest BCUT2D eigenvalue weighted by molar-refractivity contribution is 7.90. The summed E-state index contributed by atoms with van der Waals surface area (Å²) in [6, 6.07) is 22.1. The van der Waals surface area contributed by atoms with Crippen molar-refractivity contribution in [3.63, 3.8) is 0 Å². The molecule has 0 radical (unpaired) electrons. The molecule has 2 N–H and O–H groups in total. The number of sulfonamides is 1. The van der Waals surface area contributed by atoms with E-state index < -0.39 is 21.7 Å². The molecule has 0 unspecified atom stereocenters. The lowest BCUT2D eigenvalue weighted by Crippen LogP contribution is -2.30. The average molecular weight is 535 g/mol. The molecule has 5 aromatic rings. The average Bonchev–Trinajstić information content (AvgIpc) is 3.34. The fourth-order valence-electron chi connectivity index (χ4n) is 3.85. The number of nitrogens with one attached hydrogen (secondary N) is 2. The number of carbonyl (C=O) groups excluding carboxylic acids is 1. The van der Waals surface area contributed by atoms with Gasteiger partial charge in [0, 0.05) is 10.9 Å². The van der Waals surface area contributed by atoms with Gasteiger partial charge in [0.05, 0.1) is 12.0 Å². The molecule has 0 aliphatic carbocycles. The van der Waals surface area contributed by atoms with Crippen LogP contribution >= 0.6 is 0 Å². The molecule has 1 heterocycles. The van der Waals surface area contributed by atoms with Gasteiger partial charge >= 0.3 is 0 Å². The molecule has 0 atom stereocenters. The molecule has 1 amide bonds. The summed E-state index contributed by atoms with van der Waals surface area (Å²) in [5.74, 6) is -0.861. The largest absolute Gasteiger partial charge is 0.494 e. The number of fused-ring (bicyclic) bond motifs is 1. The first-order chi connectivity index (χ1) is 18.2. The van der Waals surface area contributed by atoms with Crippen LogP contribution in [0.2, 0.25) is 0 Å². The number of aromatic amines is 1. The Hall–Kier alpha value is -4.70. The first-order valence-corrected chi connectivity index (χ1v) is 12.8. The van der Waals surface area contributed by atoms with E-state index in [0.717, 1.165) is 0 Å². The van der Waals surface area contributed by atoms with Gasteiger partial charge < -0.3 is 14.5 Å². The lowest BCUT2D eigenvalue weighted by Gasteiger charge is -2.09. The molecule has 0 aliphatic rings. The predicted octanol–water partition coefficient (Wildman–Crippen LogP) is 6.03. The van der Waals surface area contributed by atoms with Gasteiger partial charge in [-0.15, -0.1) is 0 Å². The molecule has 10 heteroatoms. The summed E-state index contributed by atoms with van der Waals surface area (Å²) < 4.78 is 65.7. The summed E-state index contributed by atoms with van der Waals surface area (Å²) in [7, 11) is -2.90. The Morgan fingerprint density at radius 1 is 0.842 bits per heavy atom. The monoisotopic (exact) mass is 534 g/mol. The van der Waals surface area contributed by atoms with Crippen LogP contribution in [0, 0.1) is 11.6 Å². The zero-order chi connectivity index (χ0) is 26.9. The standard InChI is InChI=1S/C28H20F2N2O5S/c1-36-27-16-18(5-11-24(27)30)17-3-2-4-23(14-17)38(34,35)32-28(33)26-15-19-13-22(10-12-25(19)31-26)37-21-8-6-20(29)7-9-21/h2-16,31H,1H3,(H,32,33). The minimum atomic E-state index is -4.23. The second kappa shape index (κ2) is 9.98. The number of rotatable bonds is 7. The molecule has 0 fully saturated rings. The van der Waals surface area contributed by atoms with Crippen LogP contribution in [0.15, 0.2) is 95.9 Å². The molecule has 0 saturated heterocycles. The minimum Gasteiger partial charge on any atom is -0.494 e. The van der Waals surface area contributed by atoms with Gasteiger partial charge in [0.15, 0.2) is 11.6 Å². The molecular formula is C28H20F2N2O5S. The number of benzene rings is 4. The van der Waals surface area contributed by atoms with Gasteiger partial charge in [-0.1, -0.05) is 18.2 Å². The number of carbonyl (C=O) groups is 1. The van der Waals surface area contributed by atoms with Crippen molar-refractivity contribution in [2.45, 2.75) is 4.90 Å². The van der Waals surface area contributed by atoms with Crippen molar-refractivity contribution in [3.05, 3.63) is 108 Å². The number of amides is 1. The van der Waals surface area contributed by atoms with E-state index in [9.17, 15) is 22.0 Å². The van der Waals surface area contributed by atoms with Crippen LogP contribution in [0.25, 0.3) is 22.0 Å². The third-order valence-electron chi connectivity index (χ3n) is 5.74. The lowest BCUT2D eigenvalue weighted by molar-refractivity contribution is 0.0977. The predicted molar refractivity (Wildman–Crippen MR) is 138 cm³/mol. The molecule has 1 aromatic heterocycles. The third kappa shape index (κ3) is 5.21. The molecular weight excluding hydrogens is 514 g/mol. The second-order valence-electron chi connectivity index (χ2n) is 8.30. The summed E-state index contributed by atoms with van der Waals surface area (Å²) in [5.41, 5.74) is 1.66. The summed E-state index contributed by atoms with van der Waals surface area (Å²) in [6.45, 7) is 0. The quantitative estimate of drug-likeness (QED) is 0.266. The molecule has 0 spiro atoms. The van der Waals surface area contributed by atoms with E-state index in [1.54, 1.807) is 24.3 Å². The maximum absolute atomic E-state index is 13.8. The van der Waals surface area contributed by atoms with Gasteiger partial charge in [0.25, 0.3) is 15.9 Å². The van der Waals surface area contributed by atoms with Crippen molar-refractivity contribution < 1.29 is 31.5 Å². The van der Waals surface area contributed by atoms with E-state index in [1.807, 2.05) is 0 Å². The number of aromatic nitrogens is 1.